The molecule has 0 spiro atoms. The van der Waals surface area contributed by atoms with Crippen LogP contribution in [0.3, 0.4) is 0 Å². The second-order valence-electron chi connectivity index (χ2n) is 3.76. The highest BCUT2D eigenvalue weighted by Crippen LogP contribution is 2.13. The van der Waals surface area contributed by atoms with Crippen LogP contribution in [0, 0.1) is 6.92 Å². The number of hydrogen-bond acceptors (Lipinski definition) is 2. The molecule has 72 valence electrons. The van der Waals surface area contributed by atoms with Gasteiger partial charge in [-0.3, -0.25) is 0 Å². The van der Waals surface area contributed by atoms with Crippen molar-refractivity contribution in [1.82, 2.24) is 15.3 Å². The molecule has 3 heteroatoms. The monoisotopic (exact) mass is 179 g/mol. The van der Waals surface area contributed by atoms with Gasteiger partial charge in [0.25, 0.3) is 0 Å². The largest absolute Gasteiger partial charge is 0.346 e. The maximum absolute atomic E-state index is 4.48. The summed E-state index contributed by atoms with van der Waals surface area (Å²) in [7, 11) is 0. The smallest absolute Gasteiger partial charge is 0.103 e. The van der Waals surface area contributed by atoms with Gasteiger partial charge in [0, 0.05) is 31.1 Å². The summed E-state index contributed by atoms with van der Waals surface area (Å²) in [6.45, 7) is 5.32. The number of aryl methyl sites for hydroxylation is 1. The maximum atomic E-state index is 4.48. The highest BCUT2D eigenvalue weighted by Gasteiger charge is 2.16. The van der Waals surface area contributed by atoms with Crippen LogP contribution in [0.2, 0.25) is 0 Å². The molecule has 1 aromatic rings. The maximum Gasteiger partial charge on any atom is 0.103 e. The van der Waals surface area contributed by atoms with E-state index < -0.39 is 0 Å². The molecule has 0 radical (unpaired) electrons. The molecule has 1 aromatic heterocycles. The minimum absolute atomic E-state index is 0.626. The quantitative estimate of drug-likeness (QED) is 0.679. The van der Waals surface area contributed by atoms with E-state index in [2.05, 4.69) is 22.2 Å². The van der Waals surface area contributed by atoms with Crippen molar-refractivity contribution in [3.63, 3.8) is 0 Å². The highest BCUT2D eigenvalue weighted by molar-refractivity contribution is 5.17. The van der Waals surface area contributed by atoms with E-state index in [1.54, 1.807) is 0 Å². The van der Waals surface area contributed by atoms with Crippen molar-refractivity contribution in [1.29, 1.82) is 0 Å². The van der Waals surface area contributed by atoms with Crippen LogP contribution in [0.15, 0.2) is 0 Å². The van der Waals surface area contributed by atoms with Crippen molar-refractivity contribution in [3.05, 3.63) is 17.2 Å². The predicted molar refractivity (Wildman–Crippen MR) is 52.8 cm³/mol. The fourth-order valence-corrected chi connectivity index (χ4v) is 1.97. The third-order valence-electron chi connectivity index (χ3n) is 2.72. The first-order chi connectivity index (χ1) is 6.29. The van der Waals surface area contributed by atoms with Crippen LogP contribution < -0.4 is 5.32 Å². The first-order valence-corrected chi connectivity index (χ1v) is 5.07. The van der Waals surface area contributed by atoms with Gasteiger partial charge in [0.05, 0.1) is 5.69 Å². The Morgan fingerprint density at radius 3 is 3.15 bits per heavy atom. The van der Waals surface area contributed by atoms with Gasteiger partial charge in [0.1, 0.15) is 5.82 Å². The number of H-pyrrole nitrogens is 1. The second-order valence-corrected chi connectivity index (χ2v) is 3.76. The van der Waals surface area contributed by atoms with Gasteiger partial charge in [-0.2, -0.15) is 0 Å². The van der Waals surface area contributed by atoms with E-state index in [9.17, 15) is 0 Å². The summed E-state index contributed by atoms with van der Waals surface area (Å²) >= 11 is 0. The molecular formula is C10H17N3. The number of nitrogens with zero attached hydrogens (tertiary/aromatic N) is 1. The molecule has 2 heterocycles. The number of nitrogens with one attached hydrogen (secondary N) is 2. The minimum atomic E-state index is 0.626. The molecule has 1 aliphatic heterocycles. The van der Waals surface area contributed by atoms with E-state index in [1.165, 1.54) is 17.8 Å². The molecule has 2 rings (SSSR count). The molecule has 0 bridgehead atoms. The molecule has 1 aliphatic rings. The highest BCUT2D eigenvalue weighted by atomic mass is 15.0. The standard InChI is InChI=1S/C10H17N3/c1-3-8-6-10-9(4-5-11-8)12-7(2)13-10/h8,11H,3-6H2,1-2H3,(H,12,13)/t8-/m0/s1. The zero-order valence-electron chi connectivity index (χ0n) is 8.35. The van der Waals surface area contributed by atoms with Crippen LogP contribution in [-0.4, -0.2) is 22.6 Å². The first kappa shape index (κ1) is 8.75. The van der Waals surface area contributed by atoms with Gasteiger partial charge in [-0.25, -0.2) is 4.98 Å². The molecular weight excluding hydrogens is 162 g/mol. The fraction of sp³-hybridized carbons (Fsp3) is 0.700. The lowest BCUT2D eigenvalue weighted by Gasteiger charge is -2.12. The summed E-state index contributed by atoms with van der Waals surface area (Å²) in [4.78, 5) is 7.83. The summed E-state index contributed by atoms with van der Waals surface area (Å²) in [5, 5.41) is 3.52. The van der Waals surface area contributed by atoms with Gasteiger partial charge in [0.15, 0.2) is 0 Å². The average molecular weight is 179 g/mol. The molecule has 0 saturated carbocycles. The molecule has 1 atom stereocenters. The molecule has 13 heavy (non-hydrogen) atoms. The van der Waals surface area contributed by atoms with Crippen LogP contribution in [0.5, 0.6) is 0 Å². The molecule has 0 aromatic carbocycles. The number of aromatic amines is 1. The minimum Gasteiger partial charge on any atom is -0.346 e. The van der Waals surface area contributed by atoms with Crippen LogP contribution in [0.1, 0.15) is 30.6 Å². The van der Waals surface area contributed by atoms with E-state index in [4.69, 9.17) is 0 Å². The van der Waals surface area contributed by atoms with Gasteiger partial charge < -0.3 is 10.3 Å². The van der Waals surface area contributed by atoms with E-state index in [0.717, 1.165) is 25.2 Å². The Hall–Kier alpha value is -0.830. The zero-order chi connectivity index (χ0) is 9.26. The molecule has 2 N–H and O–H groups in total. The second kappa shape index (κ2) is 3.50. The van der Waals surface area contributed by atoms with Crippen molar-refractivity contribution in [3.8, 4) is 0 Å². The predicted octanol–water partition coefficient (Wildman–Crippen LogP) is 1.18. The van der Waals surface area contributed by atoms with Gasteiger partial charge in [-0.1, -0.05) is 6.92 Å². The number of rotatable bonds is 1. The van der Waals surface area contributed by atoms with Crippen molar-refractivity contribution in [2.45, 2.75) is 39.2 Å². The number of fused-ring (bicyclic) bond motifs is 1. The lowest BCUT2D eigenvalue weighted by atomic mass is 10.1. The van der Waals surface area contributed by atoms with E-state index >= 15 is 0 Å². The summed E-state index contributed by atoms with van der Waals surface area (Å²) < 4.78 is 0. The molecule has 0 amide bonds. The van der Waals surface area contributed by atoms with Gasteiger partial charge in [-0.15, -0.1) is 0 Å². The Kier molecular flexibility index (Phi) is 2.36. The fourth-order valence-electron chi connectivity index (χ4n) is 1.97. The number of imidazole rings is 1. The molecule has 0 aliphatic carbocycles. The Balaban J connectivity index is 2.22. The zero-order valence-corrected chi connectivity index (χ0v) is 8.35. The van der Waals surface area contributed by atoms with Gasteiger partial charge in [0.2, 0.25) is 0 Å². The Labute approximate surface area is 79.0 Å². The first-order valence-electron chi connectivity index (χ1n) is 5.07. The van der Waals surface area contributed by atoms with Crippen molar-refractivity contribution < 1.29 is 0 Å². The third-order valence-corrected chi connectivity index (χ3v) is 2.72. The summed E-state index contributed by atoms with van der Waals surface area (Å²) in [5.41, 5.74) is 2.61. The van der Waals surface area contributed by atoms with Gasteiger partial charge >= 0.3 is 0 Å². The normalized spacial score (nSPS) is 22.5. The third kappa shape index (κ3) is 1.75. The Morgan fingerprint density at radius 2 is 2.38 bits per heavy atom. The molecule has 0 saturated heterocycles. The lowest BCUT2D eigenvalue weighted by molar-refractivity contribution is 0.509. The molecule has 0 unspecified atom stereocenters. The van der Waals surface area contributed by atoms with Gasteiger partial charge in [-0.05, 0) is 13.3 Å². The SMILES string of the molecule is CC[C@H]1Cc2[nH]c(C)nc2CCN1. The topological polar surface area (TPSA) is 40.7 Å². The van der Waals surface area contributed by atoms with Crippen molar-refractivity contribution >= 4 is 0 Å². The van der Waals surface area contributed by atoms with Crippen molar-refractivity contribution in [2.75, 3.05) is 6.54 Å². The van der Waals surface area contributed by atoms with E-state index in [1.807, 2.05) is 6.92 Å². The van der Waals surface area contributed by atoms with Crippen LogP contribution >= 0.6 is 0 Å². The van der Waals surface area contributed by atoms with Crippen LogP contribution in [0.25, 0.3) is 0 Å². The van der Waals surface area contributed by atoms with Crippen molar-refractivity contribution in [2.24, 2.45) is 0 Å². The molecule has 0 fully saturated rings. The van der Waals surface area contributed by atoms with E-state index in [0.29, 0.717) is 6.04 Å². The molecule has 3 nitrogen and oxygen atoms in total. The summed E-state index contributed by atoms with van der Waals surface area (Å²) in [6.07, 6.45) is 3.36. The van der Waals surface area contributed by atoms with Crippen LogP contribution in [-0.2, 0) is 12.8 Å². The Bertz CT molecular complexity index is 290. The average Bonchev–Trinajstić information content (AvgIpc) is 2.33. The number of aromatic nitrogens is 2. The summed E-state index contributed by atoms with van der Waals surface area (Å²) in [5.74, 6) is 1.06. The summed E-state index contributed by atoms with van der Waals surface area (Å²) in [6, 6.07) is 0.626. The Morgan fingerprint density at radius 1 is 1.54 bits per heavy atom. The lowest BCUT2D eigenvalue weighted by Crippen LogP contribution is -2.29. The van der Waals surface area contributed by atoms with E-state index in [-0.39, 0.29) is 0 Å². The number of hydrogen-bond donors (Lipinski definition) is 2. The van der Waals surface area contributed by atoms with Crippen LogP contribution in [0.4, 0.5) is 0 Å².